The lowest BCUT2D eigenvalue weighted by molar-refractivity contribution is 0.409. The van der Waals surface area contributed by atoms with Crippen LogP contribution in [0.5, 0.6) is 0 Å². The highest BCUT2D eigenvalue weighted by Crippen LogP contribution is 2.32. The van der Waals surface area contributed by atoms with Crippen molar-refractivity contribution < 1.29 is 8.42 Å². The molecule has 0 spiro atoms. The van der Waals surface area contributed by atoms with E-state index in [0.717, 1.165) is 21.6 Å². The standard InChI is InChI=1S/C29H27N3O2S2/c33-36(34,32(22-26-15-8-3-9-16-26)19-18-24-11-4-1-5-12-24)28-23-31(21-25-13-6-2-7-14-25)30-29(28)27-17-10-20-35-27/h1-17,20,23H,18-19,21-22H2. The molecule has 2 heterocycles. The van der Waals surface area contributed by atoms with Gasteiger partial charge in [0, 0.05) is 19.3 Å². The van der Waals surface area contributed by atoms with Gasteiger partial charge in [-0.15, -0.1) is 11.3 Å². The quantitative estimate of drug-likeness (QED) is 0.227. The number of rotatable bonds is 10. The minimum absolute atomic E-state index is 0.241. The Bertz CT molecular complexity index is 1480. The van der Waals surface area contributed by atoms with Crippen LogP contribution in [0.1, 0.15) is 16.7 Å². The lowest BCUT2D eigenvalue weighted by Crippen LogP contribution is -2.32. The van der Waals surface area contributed by atoms with Gasteiger partial charge in [0.2, 0.25) is 10.0 Å². The molecule has 0 aliphatic carbocycles. The number of hydrogen-bond acceptors (Lipinski definition) is 4. The van der Waals surface area contributed by atoms with Crippen LogP contribution in [0.25, 0.3) is 10.6 Å². The fraction of sp³-hybridized carbons (Fsp3) is 0.138. The zero-order valence-corrected chi connectivity index (χ0v) is 21.4. The molecule has 0 saturated carbocycles. The molecule has 0 amide bonds. The lowest BCUT2D eigenvalue weighted by Gasteiger charge is -2.22. The minimum Gasteiger partial charge on any atom is -0.266 e. The second-order valence-electron chi connectivity index (χ2n) is 8.56. The van der Waals surface area contributed by atoms with E-state index in [0.29, 0.717) is 31.7 Å². The third kappa shape index (κ3) is 5.65. The van der Waals surface area contributed by atoms with E-state index in [1.807, 2.05) is 109 Å². The summed E-state index contributed by atoms with van der Waals surface area (Å²) >= 11 is 1.49. The maximum absolute atomic E-state index is 14.2. The average molecular weight is 514 g/mol. The van der Waals surface area contributed by atoms with Gasteiger partial charge in [-0.2, -0.15) is 9.40 Å². The van der Waals surface area contributed by atoms with Crippen LogP contribution in [-0.4, -0.2) is 29.0 Å². The maximum Gasteiger partial charge on any atom is 0.247 e. The zero-order chi connectivity index (χ0) is 24.8. The molecule has 0 saturated heterocycles. The molecule has 5 nitrogen and oxygen atoms in total. The maximum atomic E-state index is 14.2. The van der Waals surface area contributed by atoms with Crippen molar-refractivity contribution >= 4 is 21.4 Å². The van der Waals surface area contributed by atoms with Crippen molar-refractivity contribution in [2.45, 2.75) is 24.4 Å². The Kier molecular flexibility index (Phi) is 7.41. The van der Waals surface area contributed by atoms with E-state index in [1.54, 1.807) is 15.2 Å². The Labute approximate surface area is 216 Å². The van der Waals surface area contributed by atoms with Gasteiger partial charge in [-0.05, 0) is 34.6 Å². The summed E-state index contributed by atoms with van der Waals surface area (Å²) in [5, 5.41) is 6.69. The van der Waals surface area contributed by atoms with E-state index in [1.165, 1.54) is 11.3 Å². The van der Waals surface area contributed by atoms with E-state index >= 15 is 0 Å². The second-order valence-corrected chi connectivity index (χ2v) is 11.4. The van der Waals surface area contributed by atoms with Gasteiger partial charge in [0.05, 0.1) is 11.4 Å². The average Bonchev–Trinajstić information content (AvgIpc) is 3.59. The summed E-state index contributed by atoms with van der Waals surface area (Å²) in [6.45, 7) is 1.16. The highest BCUT2D eigenvalue weighted by atomic mass is 32.2. The molecule has 0 bridgehead atoms. The largest absolute Gasteiger partial charge is 0.266 e. The summed E-state index contributed by atoms with van der Waals surface area (Å²) in [5.74, 6) is 0. The first-order valence-corrected chi connectivity index (χ1v) is 14.1. The molecule has 0 aliphatic rings. The Morgan fingerprint density at radius 3 is 1.97 bits per heavy atom. The second kappa shape index (κ2) is 11.0. The summed E-state index contributed by atoms with van der Waals surface area (Å²) in [4.78, 5) is 1.08. The molecular formula is C29H27N3O2S2. The third-order valence-electron chi connectivity index (χ3n) is 5.98. The van der Waals surface area contributed by atoms with Crippen molar-refractivity contribution in [1.29, 1.82) is 0 Å². The summed E-state index contributed by atoms with van der Waals surface area (Å²) in [6, 6.07) is 33.5. The monoisotopic (exact) mass is 513 g/mol. The van der Waals surface area contributed by atoms with E-state index in [9.17, 15) is 8.42 Å². The minimum atomic E-state index is -3.84. The van der Waals surface area contributed by atoms with Crippen LogP contribution < -0.4 is 0 Å². The molecule has 0 radical (unpaired) electrons. The third-order valence-corrected chi connectivity index (χ3v) is 8.71. The Balaban J connectivity index is 1.52. The Morgan fingerprint density at radius 2 is 1.36 bits per heavy atom. The van der Waals surface area contributed by atoms with Crippen molar-refractivity contribution in [1.82, 2.24) is 14.1 Å². The molecular weight excluding hydrogens is 486 g/mol. The fourth-order valence-electron chi connectivity index (χ4n) is 4.14. The van der Waals surface area contributed by atoms with Crippen molar-refractivity contribution in [2.24, 2.45) is 0 Å². The summed E-state index contributed by atoms with van der Waals surface area (Å²) in [6.07, 6.45) is 2.30. The van der Waals surface area contributed by atoms with Gasteiger partial charge in [0.15, 0.2) is 0 Å². The SMILES string of the molecule is O=S(=O)(c1cn(Cc2ccccc2)nc1-c1cccs1)N(CCc1ccccc1)Cc1ccccc1. The molecule has 5 aromatic rings. The van der Waals surface area contributed by atoms with Crippen LogP contribution >= 0.6 is 11.3 Å². The van der Waals surface area contributed by atoms with Crippen LogP contribution in [0.3, 0.4) is 0 Å². The molecule has 3 aromatic carbocycles. The first kappa shape index (κ1) is 24.2. The number of aromatic nitrogens is 2. The first-order valence-electron chi connectivity index (χ1n) is 11.8. The fourth-order valence-corrected chi connectivity index (χ4v) is 6.50. The van der Waals surface area contributed by atoms with E-state index in [-0.39, 0.29) is 4.90 Å². The molecule has 7 heteroatoms. The lowest BCUT2D eigenvalue weighted by atomic mass is 10.1. The molecule has 0 atom stereocenters. The van der Waals surface area contributed by atoms with E-state index in [4.69, 9.17) is 5.10 Å². The number of sulfonamides is 1. The van der Waals surface area contributed by atoms with E-state index in [2.05, 4.69) is 0 Å². The molecule has 0 fully saturated rings. The highest BCUT2D eigenvalue weighted by molar-refractivity contribution is 7.89. The van der Waals surface area contributed by atoms with E-state index < -0.39 is 10.0 Å². The summed E-state index contributed by atoms with van der Waals surface area (Å²) in [5.41, 5.74) is 3.61. The number of hydrogen-bond donors (Lipinski definition) is 0. The molecule has 0 unspecified atom stereocenters. The van der Waals surface area contributed by atoms with Gasteiger partial charge in [-0.3, -0.25) is 4.68 Å². The Morgan fingerprint density at radius 1 is 0.750 bits per heavy atom. The molecule has 5 rings (SSSR count). The molecule has 0 aliphatic heterocycles. The van der Waals surface area contributed by atoms with Gasteiger partial charge < -0.3 is 0 Å². The molecule has 0 N–H and O–H groups in total. The van der Waals surface area contributed by atoms with Crippen LogP contribution in [0, 0.1) is 0 Å². The van der Waals surface area contributed by atoms with Crippen molar-refractivity contribution in [2.75, 3.05) is 6.54 Å². The van der Waals surface area contributed by atoms with Gasteiger partial charge in [-0.25, -0.2) is 8.42 Å². The van der Waals surface area contributed by atoms with Gasteiger partial charge >= 0.3 is 0 Å². The van der Waals surface area contributed by atoms with Crippen LogP contribution in [-0.2, 0) is 29.5 Å². The normalized spacial score (nSPS) is 11.7. The predicted octanol–water partition coefficient (Wildman–Crippen LogP) is 6.09. The highest BCUT2D eigenvalue weighted by Gasteiger charge is 2.30. The molecule has 36 heavy (non-hydrogen) atoms. The number of benzene rings is 3. The first-order chi connectivity index (χ1) is 17.6. The van der Waals surface area contributed by atoms with Gasteiger partial charge in [0.1, 0.15) is 10.6 Å². The van der Waals surface area contributed by atoms with Crippen molar-refractivity contribution in [3.05, 3.63) is 131 Å². The Hall–Kier alpha value is -3.52. The number of nitrogens with zero attached hydrogens (tertiary/aromatic N) is 3. The topological polar surface area (TPSA) is 55.2 Å². The van der Waals surface area contributed by atoms with Crippen molar-refractivity contribution in [3.8, 4) is 10.6 Å². The predicted molar refractivity (Wildman–Crippen MR) is 145 cm³/mol. The van der Waals surface area contributed by atoms with Crippen molar-refractivity contribution in [3.63, 3.8) is 0 Å². The van der Waals surface area contributed by atoms with Crippen LogP contribution in [0.2, 0.25) is 0 Å². The summed E-state index contributed by atoms with van der Waals surface area (Å²) in [7, 11) is -3.84. The number of thiophene rings is 1. The molecule has 182 valence electrons. The summed E-state index contributed by atoms with van der Waals surface area (Å²) < 4.78 is 31.7. The molecule has 2 aromatic heterocycles. The van der Waals surface area contributed by atoms with Gasteiger partial charge in [-0.1, -0.05) is 97.1 Å². The van der Waals surface area contributed by atoms with Crippen LogP contribution in [0.15, 0.2) is 120 Å². The smallest absolute Gasteiger partial charge is 0.247 e. The zero-order valence-electron chi connectivity index (χ0n) is 19.8. The van der Waals surface area contributed by atoms with Crippen LogP contribution in [0.4, 0.5) is 0 Å². The van der Waals surface area contributed by atoms with Gasteiger partial charge in [0.25, 0.3) is 0 Å².